The summed E-state index contributed by atoms with van der Waals surface area (Å²) in [6, 6.07) is 18.0. The van der Waals surface area contributed by atoms with Gasteiger partial charge >= 0.3 is 0 Å². The van der Waals surface area contributed by atoms with E-state index in [1.165, 1.54) is 0 Å². The molecule has 0 unspecified atom stereocenters. The number of ether oxygens (including phenoxy) is 1. The highest BCUT2D eigenvalue weighted by atomic mass is 16.5. The molecule has 20 heavy (non-hydrogen) atoms. The SMILES string of the molecule is COc1cccc2c1ccc1nc3ccccc3nc12. The number of rotatable bonds is 1. The largest absolute Gasteiger partial charge is 0.496 e. The van der Waals surface area contributed by atoms with Crippen LogP contribution in [0.3, 0.4) is 0 Å². The summed E-state index contributed by atoms with van der Waals surface area (Å²) in [6.07, 6.45) is 0. The van der Waals surface area contributed by atoms with Gasteiger partial charge in [0.15, 0.2) is 0 Å². The maximum Gasteiger partial charge on any atom is 0.126 e. The van der Waals surface area contributed by atoms with E-state index >= 15 is 0 Å². The van der Waals surface area contributed by atoms with Crippen molar-refractivity contribution < 1.29 is 4.74 Å². The molecule has 0 saturated carbocycles. The molecule has 0 N–H and O–H groups in total. The molecule has 0 aliphatic heterocycles. The number of nitrogens with zero attached hydrogens (tertiary/aromatic N) is 2. The zero-order valence-corrected chi connectivity index (χ0v) is 11.0. The fraction of sp³-hybridized carbons (Fsp3) is 0.0588. The van der Waals surface area contributed by atoms with E-state index < -0.39 is 0 Å². The van der Waals surface area contributed by atoms with Crippen LogP contribution in [0.25, 0.3) is 32.8 Å². The summed E-state index contributed by atoms with van der Waals surface area (Å²) in [5, 5.41) is 2.13. The van der Waals surface area contributed by atoms with Crippen LogP contribution >= 0.6 is 0 Å². The molecule has 0 aliphatic rings. The third-order valence-electron chi connectivity index (χ3n) is 3.55. The van der Waals surface area contributed by atoms with E-state index in [1.807, 2.05) is 48.5 Å². The lowest BCUT2D eigenvalue weighted by Crippen LogP contribution is -1.90. The molecule has 1 aromatic heterocycles. The molecule has 3 nitrogen and oxygen atoms in total. The van der Waals surface area contributed by atoms with Gasteiger partial charge in [-0.15, -0.1) is 0 Å². The molecule has 3 heteroatoms. The number of para-hydroxylation sites is 2. The molecule has 0 bridgehead atoms. The Bertz CT molecular complexity index is 947. The summed E-state index contributed by atoms with van der Waals surface area (Å²) in [5.74, 6) is 0.861. The van der Waals surface area contributed by atoms with Crippen molar-refractivity contribution in [2.45, 2.75) is 0 Å². The maximum absolute atomic E-state index is 5.42. The number of aromatic nitrogens is 2. The molecule has 0 spiro atoms. The van der Waals surface area contributed by atoms with Gasteiger partial charge in [-0.25, -0.2) is 9.97 Å². The Hall–Kier alpha value is -2.68. The van der Waals surface area contributed by atoms with Gasteiger partial charge in [0.05, 0.1) is 29.2 Å². The van der Waals surface area contributed by atoms with Gasteiger partial charge in [0.1, 0.15) is 5.75 Å². The number of fused-ring (bicyclic) bond motifs is 4. The first-order chi connectivity index (χ1) is 9.86. The first-order valence-corrected chi connectivity index (χ1v) is 6.49. The summed E-state index contributed by atoms with van der Waals surface area (Å²) < 4.78 is 5.42. The molecule has 0 fully saturated rings. The van der Waals surface area contributed by atoms with Crippen molar-refractivity contribution in [3.63, 3.8) is 0 Å². The Morgan fingerprint density at radius 1 is 0.700 bits per heavy atom. The van der Waals surface area contributed by atoms with Gasteiger partial charge in [-0.1, -0.05) is 24.3 Å². The van der Waals surface area contributed by atoms with Gasteiger partial charge in [-0.2, -0.15) is 0 Å². The second kappa shape index (κ2) is 4.17. The quantitative estimate of drug-likeness (QED) is 0.384. The molecule has 96 valence electrons. The number of hydrogen-bond donors (Lipinski definition) is 0. The highest BCUT2D eigenvalue weighted by molar-refractivity contribution is 6.07. The van der Waals surface area contributed by atoms with E-state index in [9.17, 15) is 0 Å². The van der Waals surface area contributed by atoms with Crippen molar-refractivity contribution in [3.05, 3.63) is 54.6 Å². The minimum Gasteiger partial charge on any atom is -0.496 e. The predicted molar refractivity (Wildman–Crippen MR) is 81.1 cm³/mol. The molecule has 4 rings (SSSR count). The number of hydrogen-bond acceptors (Lipinski definition) is 3. The van der Waals surface area contributed by atoms with Crippen LogP contribution in [0, 0.1) is 0 Å². The van der Waals surface area contributed by atoms with Crippen LogP contribution in [0.15, 0.2) is 54.6 Å². The van der Waals surface area contributed by atoms with Gasteiger partial charge in [0.25, 0.3) is 0 Å². The van der Waals surface area contributed by atoms with Crippen LogP contribution in [0.4, 0.5) is 0 Å². The number of benzene rings is 3. The molecule has 4 aromatic rings. The molecule has 0 atom stereocenters. The first-order valence-electron chi connectivity index (χ1n) is 6.49. The van der Waals surface area contributed by atoms with Crippen molar-refractivity contribution in [3.8, 4) is 5.75 Å². The van der Waals surface area contributed by atoms with E-state index in [0.717, 1.165) is 38.6 Å². The summed E-state index contributed by atoms with van der Waals surface area (Å²) in [5.41, 5.74) is 3.65. The summed E-state index contributed by atoms with van der Waals surface area (Å²) in [6.45, 7) is 0. The van der Waals surface area contributed by atoms with Crippen LogP contribution in [-0.4, -0.2) is 17.1 Å². The average Bonchev–Trinajstić information content (AvgIpc) is 2.52. The normalized spacial score (nSPS) is 11.2. The molecule has 0 saturated heterocycles. The zero-order valence-electron chi connectivity index (χ0n) is 11.0. The Morgan fingerprint density at radius 2 is 1.50 bits per heavy atom. The van der Waals surface area contributed by atoms with Crippen LogP contribution in [0.1, 0.15) is 0 Å². The van der Waals surface area contributed by atoms with Crippen molar-refractivity contribution in [1.82, 2.24) is 9.97 Å². The molecule has 0 aliphatic carbocycles. The Labute approximate surface area is 115 Å². The zero-order chi connectivity index (χ0) is 13.5. The van der Waals surface area contributed by atoms with Gasteiger partial charge < -0.3 is 4.74 Å². The molecular weight excluding hydrogens is 248 g/mol. The first kappa shape index (κ1) is 11.2. The van der Waals surface area contributed by atoms with Crippen LogP contribution in [-0.2, 0) is 0 Å². The van der Waals surface area contributed by atoms with Crippen molar-refractivity contribution in [2.24, 2.45) is 0 Å². The van der Waals surface area contributed by atoms with E-state index in [1.54, 1.807) is 7.11 Å². The van der Waals surface area contributed by atoms with E-state index in [-0.39, 0.29) is 0 Å². The monoisotopic (exact) mass is 260 g/mol. The van der Waals surface area contributed by atoms with E-state index in [4.69, 9.17) is 9.72 Å². The predicted octanol–water partition coefficient (Wildman–Crippen LogP) is 3.94. The summed E-state index contributed by atoms with van der Waals surface area (Å²) in [4.78, 5) is 9.44. The maximum atomic E-state index is 5.42. The lowest BCUT2D eigenvalue weighted by Gasteiger charge is -2.08. The molecule has 0 amide bonds. The minimum atomic E-state index is 0.861. The van der Waals surface area contributed by atoms with Gasteiger partial charge in [-0.05, 0) is 30.3 Å². The molecule has 1 heterocycles. The smallest absolute Gasteiger partial charge is 0.126 e. The van der Waals surface area contributed by atoms with E-state index in [2.05, 4.69) is 11.1 Å². The fourth-order valence-electron chi connectivity index (χ4n) is 2.59. The second-order valence-electron chi connectivity index (χ2n) is 4.70. The van der Waals surface area contributed by atoms with Crippen LogP contribution in [0.2, 0.25) is 0 Å². The standard InChI is InChI=1S/C17H12N2O/c1-20-16-8-4-5-12-11(16)9-10-15-17(12)19-14-7-3-2-6-13(14)18-15/h2-10H,1H3. The Kier molecular flexibility index (Phi) is 2.33. The van der Waals surface area contributed by atoms with Crippen LogP contribution in [0.5, 0.6) is 5.75 Å². The second-order valence-corrected chi connectivity index (χ2v) is 4.70. The van der Waals surface area contributed by atoms with Gasteiger partial charge in [-0.3, -0.25) is 0 Å². The lowest BCUT2D eigenvalue weighted by atomic mass is 10.1. The minimum absolute atomic E-state index is 0.861. The molecular formula is C17H12N2O. The third kappa shape index (κ3) is 1.53. The molecule has 3 aromatic carbocycles. The lowest BCUT2D eigenvalue weighted by molar-refractivity contribution is 0.420. The molecule has 0 radical (unpaired) electrons. The Balaban J connectivity index is 2.21. The van der Waals surface area contributed by atoms with Crippen molar-refractivity contribution >= 4 is 32.8 Å². The summed E-state index contributed by atoms with van der Waals surface area (Å²) in [7, 11) is 1.69. The highest BCUT2D eigenvalue weighted by Crippen LogP contribution is 2.30. The van der Waals surface area contributed by atoms with Crippen LogP contribution < -0.4 is 4.74 Å². The third-order valence-corrected chi connectivity index (χ3v) is 3.55. The van der Waals surface area contributed by atoms with Gasteiger partial charge in [0, 0.05) is 10.8 Å². The summed E-state index contributed by atoms with van der Waals surface area (Å²) >= 11 is 0. The number of methoxy groups -OCH3 is 1. The van der Waals surface area contributed by atoms with Gasteiger partial charge in [0.2, 0.25) is 0 Å². The highest BCUT2D eigenvalue weighted by Gasteiger charge is 2.08. The van der Waals surface area contributed by atoms with Crippen molar-refractivity contribution in [2.75, 3.05) is 7.11 Å². The van der Waals surface area contributed by atoms with Crippen molar-refractivity contribution in [1.29, 1.82) is 0 Å². The fourth-order valence-corrected chi connectivity index (χ4v) is 2.59. The van der Waals surface area contributed by atoms with E-state index in [0.29, 0.717) is 0 Å². The average molecular weight is 260 g/mol. The Morgan fingerprint density at radius 3 is 2.30 bits per heavy atom. The topological polar surface area (TPSA) is 35.0 Å².